The van der Waals surface area contributed by atoms with Crippen LogP contribution >= 0.6 is 0 Å². The minimum absolute atomic E-state index is 0.368. The van der Waals surface area contributed by atoms with E-state index in [2.05, 4.69) is 35.1 Å². The second-order valence-corrected chi connectivity index (χ2v) is 4.75. The summed E-state index contributed by atoms with van der Waals surface area (Å²) in [7, 11) is 0. The van der Waals surface area contributed by atoms with E-state index in [-0.39, 0.29) is 0 Å². The first kappa shape index (κ1) is 11.9. The second kappa shape index (κ2) is 4.72. The summed E-state index contributed by atoms with van der Waals surface area (Å²) in [4.78, 5) is 6.62. The molecule has 1 aliphatic rings. The predicted molar refractivity (Wildman–Crippen MR) is 68.0 cm³/mol. The molecule has 1 saturated heterocycles. The predicted octanol–water partition coefficient (Wildman–Crippen LogP) is 1.45. The van der Waals surface area contributed by atoms with Gasteiger partial charge in [0.25, 0.3) is 0 Å². The molecule has 2 heterocycles. The summed E-state index contributed by atoms with van der Waals surface area (Å²) < 4.78 is 0. The molecule has 0 amide bonds. The van der Waals surface area contributed by atoms with E-state index in [1.165, 1.54) is 0 Å². The number of aryl methyl sites for hydroxylation is 1. The molecule has 2 atom stereocenters. The van der Waals surface area contributed by atoms with E-state index in [9.17, 15) is 5.26 Å². The standard InChI is InChI=1S/C13H18N4/c1-9-4-5-15-13(12(9)6-14)17-8-10(2)16-7-11(17)3/h4-5,10-11,16H,7-8H2,1-3H3. The van der Waals surface area contributed by atoms with Gasteiger partial charge in [-0.1, -0.05) is 0 Å². The van der Waals surface area contributed by atoms with Gasteiger partial charge in [-0.3, -0.25) is 0 Å². The van der Waals surface area contributed by atoms with Crippen LogP contribution < -0.4 is 10.2 Å². The number of piperazine rings is 1. The van der Waals surface area contributed by atoms with E-state index in [1.807, 2.05) is 13.0 Å². The third kappa shape index (κ3) is 2.25. The van der Waals surface area contributed by atoms with Crippen LogP contribution in [-0.2, 0) is 0 Å². The molecule has 4 heteroatoms. The Kier molecular flexibility index (Phi) is 3.30. The molecular weight excluding hydrogens is 212 g/mol. The Labute approximate surface area is 102 Å². The first-order chi connectivity index (χ1) is 8.13. The summed E-state index contributed by atoms with van der Waals surface area (Å²) >= 11 is 0. The molecule has 0 spiro atoms. The lowest BCUT2D eigenvalue weighted by Gasteiger charge is -2.38. The molecular formula is C13H18N4. The van der Waals surface area contributed by atoms with Gasteiger partial charge in [-0.15, -0.1) is 0 Å². The number of pyridine rings is 1. The van der Waals surface area contributed by atoms with Crippen LogP contribution in [-0.4, -0.2) is 30.2 Å². The summed E-state index contributed by atoms with van der Waals surface area (Å²) in [5, 5.41) is 12.7. The topological polar surface area (TPSA) is 52.0 Å². The summed E-state index contributed by atoms with van der Waals surface area (Å²) in [5.74, 6) is 0.827. The third-order valence-corrected chi connectivity index (χ3v) is 3.29. The summed E-state index contributed by atoms with van der Waals surface area (Å²) in [6, 6.07) is 4.96. The van der Waals surface area contributed by atoms with Crippen LogP contribution in [0, 0.1) is 18.3 Å². The van der Waals surface area contributed by atoms with Crippen molar-refractivity contribution in [2.75, 3.05) is 18.0 Å². The van der Waals surface area contributed by atoms with Crippen LogP contribution in [0.3, 0.4) is 0 Å². The molecule has 2 rings (SSSR count). The molecule has 4 nitrogen and oxygen atoms in total. The maximum absolute atomic E-state index is 9.25. The Morgan fingerprint density at radius 1 is 1.53 bits per heavy atom. The fourth-order valence-corrected chi connectivity index (χ4v) is 2.22. The SMILES string of the molecule is Cc1ccnc(N2CC(C)NCC2C)c1C#N. The molecule has 1 aliphatic heterocycles. The van der Waals surface area contributed by atoms with E-state index in [0.29, 0.717) is 17.6 Å². The lowest BCUT2D eigenvalue weighted by molar-refractivity contribution is 0.422. The summed E-state index contributed by atoms with van der Waals surface area (Å²) in [6.07, 6.45) is 1.78. The van der Waals surface area contributed by atoms with E-state index >= 15 is 0 Å². The Balaban J connectivity index is 2.39. The average molecular weight is 230 g/mol. The van der Waals surface area contributed by atoms with Gasteiger partial charge in [-0.2, -0.15) is 5.26 Å². The average Bonchev–Trinajstić information content (AvgIpc) is 2.32. The first-order valence-electron chi connectivity index (χ1n) is 5.99. The maximum atomic E-state index is 9.25. The molecule has 90 valence electrons. The van der Waals surface area contributed by atoms with Gasteiger partial charge in [0.2, 0.25) is 0 Å². The van der Waals surface area contributed by atoms with Crippen molar-refractivity contribution < 1.29 is 0 Å². The van der Waals surface area contributed by atoms with Crippen molar-refractivity contribution in [1.29, 1.82) is 5.26 Å². The molecule has 0 saturated carbocycles. The smallest absolute Gasteiger partial charge is 0.147 e. The van der Waals surface area contributed by atoms with E-state index in [4.69, 9.17) is 0 Å². The Morgan fingerprint density at radius 2 is 2.29 bits per heavy atom. The molecule has 0 radical (unpaired) electrons. The highest BCUT2D eigenvalue weighted by Gasteiger charge is 2.25. The fourth-order valence-electron chi connectivity index (χ4n) is 2.22. The second-order valence-electron chi connectivity index (χ2n) is 4.75. The Morgan fingerprint density at radius 3 is 3.00 bits per heavy atom. The third-order valence-electron chi connectivity index (χ3n) is 3.29. The molecule has 1 aromatic rings. The van der Waals surface area contributed by atoms with Gasteiger partial charge in [-0.25, -0.2) is 4.98 Å². The number of aromatic nitrogens is 1. The highest BCUT2D eigenvalue weighted by atomic mass is 15.3. The highest BCUT2D eigenvalue weighted by Crippen LogP contribution is 2.23. The zero-order chi connectivity index (χ0) is 12.4. The van der Waals surface area contributed by atoms with E-state index in [0.717, 1.165) is 24.5 Å². The van der Waals surface area contributed by atoms with Crippen molar-refractivity contribution in [1.82, 2.24) is 10.3 Å². The number of rotatable bonds is 1. The molecule has 1 aromatic heterocycles. The molecule has 0 aliphatic carbocycles. The number of hydrogen-bond donors (Lipinski definition) is 1. The monoisotopic (exact) mass is 230 g/mol. The number of anilines is 1. The normalized spacial score (nSPS) is 24.5. The lowest BCUT2D eigenvalue weighted by atomic mass is 10.1. The Hall–Kier alpha value is -1.60. The van der Waals surface area contributed by atoms with Crippen molar-refractivity contribution in [3.05, 3.63) is 23.4 Å². The fraction of sp³-hybridized carbons (Fsp3) is 0.538. The van der Waals surface area contributed by atoms with Crippen LogP contribution in [0.1, 0.15) is 25.0 Å². The van der Waals surface area contributed by atoms with Gasteiger partial charge in [0, 0.05) is 31.4 Å². The zero-order valence-electron chi connectivity index (χ0n) is 10.6. The summed E-state index contributed by atoms with van der Waals surface area (Å²) in [5.41, 5.74) is 1.70. The minimum atomic E-state index is 0.368. The molecule has 0 bridgehead atoms. The highest BCUT2D eigenvalue weighted by molar-refractivity contribution is 5.58. The van der Waals surface area contributed by atoms with Crippen LogP contribution in [0.2, 0.25) is 0 Å². The van der Waals surface area contributed by atoms with Crippen molar-refractivity contribution >= 4 is 5.82 Å². The Bertz CT molecular complexity index is 449. The van der Waals surface area contributed by atoms with Crippen LogP contribution in [0.15, 0.2) is 12.3 Å². The molecule has 1 N–H and O–H groups in total. The van der Waals surface area contributed by atoms with Gasteiger partial charge in [0.15, 0.2) is 0 Å². The number of nitrogens with one attached hydrogen (secondary N) is 1. The molecule has 1 fully saturated rings. The van der Waals surface area contributed by atoms with E-state index < -0.39 is 0 Å². The number of hydrogen-bond acceptors (Lipinski definition) is 4. The van der Waals surface area contributed by atoms with Gasteiger partial charge >= 0.3 is 0 Å². The van der Waals surface area contributed by atoms with Crippen LogP contribution in [0.4, 0.5) is 5.82 Å². The molecule has 0 aromatic carbocycles. The molecule has 17 heavy (non-hydrogen) atoms. The van der Waals surface area contributed by atoms with Gasteiger partial charge in [-0.05, 0) is 32.4 Å². The number of nitrogens with zero attached hydrogens (tertiary/aromatic N) is 3. The first-order valence-corrected chi connectivity index (χ1v) is 5.99. The maximum Gasteiger partial charge on any atom is 0.147 e. The quantitative estimate of drug-likeness (QED) is 0.793. The van der Waals surface area contributed by atoms with Crippen LogP contribution in [0.5, 0.6) is 0 Å². The van der Waals surface area contributed by atoms with Gasteiger partial charge < -0.3 is 10.2 Å². The number of nitriles is 1. The van der Waals surface area contributed by atoms with Crippen molar-refractivity contribution in [3.8, 4) is 6.07 Å². The van der Waals surface area contributed by atoms with Crippen molar-refractivity contribution in [3.63, 3.8) is 0 Å². The van der Waals surface area contributed by atoms with Crippen molar-refractivity contribution in [2.45, 2.75) is 32.9 Å². The van der Waals surface area contributed by atoms with Crippen LogP contribution in [0.25, 0.3) is 0 Å². The van der Waals surface area contributed by atoms with Gasteiger partial charge in [0.05, 0.1) is 5.56 Å². The zero-order valence-corrected chi connectivity index (χ0v) is 10.6. The molecule has 2 unspecified atom stereocenters. The van der Waals surface area contributed by atoms with E-state index in [1.54, 1.807) is 6.20 Å². The largest absolute Gasteiger partial charge is 0.350 e. The summed E-state index contributed by atoms with van der Waals surface area (Å²) in [6.45, 7) is 8.10. The lowest BCUT2D eigenvalue weighted by Crippen LogP contribution is -2.55. The van der Waals surface area contributed by atoms with Gasteiger partial charge in [0.1, 0.15) is 11.9 Å². The minimum Gasteiger partial charge on any atom is -0.350 e. The van der Waals surface area contributed by atoms with Crippen molar-refractivity contribution in [2.24, 2.45) is 0 Å².